The summed E-state index contributed by atoms with van der Waals surface area (Å²) in [5.74, 6) is 0.958. The van der Waals surface area contributed by atoms with Crippen molar-refractivity contribution in [3.8, 4) is 0 Å². The minimum atomic E-state index is 0. The summed E-state index contributed by atoms with van der Waals surface area (Å²) in [5.41, 5.74) is 1.43. The normalized spacial score (nSPS) is 20.1. The zero-order valence-electron chi connectivity index (χ0n) is 18.6. The number of halogens is 1. The van der Waals surface area contributed by atoms with E-state index in [0.717, 1.165) is 50.7 Å². The van der Waals surface area contributed by atoms with Crippen molar-refractivity contribution >= 4 is 41.3 Å². The summed E-state index contributed by atoms with van der Waals surface area (Å²) in [6.45, 7) is 4.13. The Balaban J connectivity index is 0.00000272. The van der Waals surface area contributed by atoms with Gasteiger partial charge in [0.1, 0.15) is 0 Å². The molecular formula is C24H36IN5S. The molecule has 2 N–H and O–H groups in total. The quantitative estimate of drug-likeness (QED) is 0.307. The summed E-state index contributed by atoms with van der Waals surface area (Å²) in [6.07, 6.45) is 10.8. The van der Waals surface area contributed by atoms with E-state index in [1.807, 2.05) is 30.6 Å². The molecule has 4 rings (SSSR count). The van der Waals surface area contributed by atoms with Crippen molar-refractivity contribution in [2.45, 2.75) is 62.9 Å². The van der Waals surface area contributed by atoms with Crippen LogP contribution in [0.4, 0.5) is 0 Å². The van der Waals surface area contributed by atoms with E-state index in [1.165, 1.54) is 37.0 Å². The molecule has 0 aromatic carbocycles. The molecule has 1 aliphatic carbocycles. The van der Waals surface area contributed by atoms with Gasteiger partial charge in [0.25, 0.3) is 0 Å². The van der Waals surface area contributed by atoms with Gasteiger partial charge in [0.2, 0.25) is 0 Å². The number of nitrogens with zero attached hydrogens (tertiary/aromatic N) is 3. The predicted octanol–water partition coefficient (Wildman–Crippen LogP) is 4.79. The van der Waals surface area contributed by atoms with E-state index in [0.29, 0.717) is 6.04 Å². The molecule has 31 heavy (non-hydrogen) atoms. The van der Waals surface area contributed by atoms with Gasteiger partial charge in [-0.05, 0) is 49.3 Å². The Morgan fingerprint density at radius 1 is 1.16 bits per heavy atom. The van der Waals surface area contributed by atoms with Gasteiger partial charge in [-0.15, -0.1) is 35.3 Å². The molecule has 2 fully saturated rings. The maximum atomic E-state index is 4.54. The molecule has 0 spiro atoms. The second-order valence-corrected chi connectivity index (χ2v) is 9.71. The number of hydrogen-bond donors (Lipinski definition) is 2. The molecule has 1 aliphatic heterocycles. The Morgan fingerprint density at radius 2 is 1.97 bits per heavy atom. The van der Waals surface area contributed by atoms with E-state index in [1.54, 1.807) is 0 Å². The first-order valence-electron chi connectivity index (χ1n) is 11.4. The van der Waals surface area contributed by atoms with Crippen molar-refractivity contribution in [1.29, 1.82) is 0 Å². The molecule has 2 aliphatic rings. The maximum absolute atomic E-state index is 4.54. The van der Waals surface area contributed by atoms with E-state index in [2.05, 4.69) is 55.2 Å². The summed E-state index contributed by atoms with van der Waals surface area (Å²) in [7, 11) is 1.89. The van der Waals surface area contributed by atoms with Gasteiger partial charge in [0, 0.05) is 55.8 Å². The Labute approximate surface area is 208 Å². The third-order valence-electron chi connectivity index (χ3n) is 6.71. The molecule has 5 nitrogen and oxygen atoms in total. The summed E-state index contributed by atoms with van der Waals surface area (Å²) < 4.78 is 0. The molecule has 2 aromatic heterocycles. The van der Waals surface area contributed by atoms with Crippen LogP contribution in [0.2, 0.25) is 0 Å². The zero-order chi connectivity index (χ0) is 20.7. The molecule has 2 aromatic rings. The molecule has 0 amide bonds. The molecule has 7 heteroatoms. The van der Waals surface area contributed by atoms with Gasteiger partial charge in [0.05, 0.1) is 5.69 Å². The minimum absolute atomic E-state index is 0. The van der Waals surface area contributed by atoms with Gasteiger partial charge >= 0.3 is 0 Å². The largest absolute Gasteiger partial charge is 0.355 e. The molecule has 0 atom stereocenters. The van der Waals surface area contributed by atoms with Crippen LogP contribution >= 0.6 is 35.3 Å². The minimum Gasteiger partial charge on any atom is -0.355 e. The van der Waals surface area contributed by atoms with Gasteiger partial charge in [-0.1, -0.05) is 31.4 Å². The van der Waals surface area contributed by atoms with Crippen molar-refractivity contribution in [3.63, 3.8) is 0 Å². The summed E-state index contributed by atoms with van der Waals surface area (Å²) in [6, 6.07) is 11.2. The highest BCUT2D eigenvalue weighted by Gasteiger charge is 2.35. The number of aromatic nitrogens is 1. The first-order chi connectivity index (χ1) is 14.8. The van der Waals surface area contributed by atoms with E-state index < -0.39 is 0 Å². The number of guanidine groups is 1. The first kappa shape index (κ1) is 24.5. The van der Waals surface area contributed by atoms with Crippen LogP contribution in [0.3, 0.4) is 0 Å². The molecule has 0 radical (unpaired) electrons. The van der Waals surface area contributed by atoms with Crippen LogP contribution in [-0.4, -0.2) is 48.6 Å². The van der Waals surface area contributed by atoms with Crippen LogP contribution < -0.4 is 10.6 Å². The van der Waals surface area contributed by atoms with Gasteiger partial charge in [-0.3, -0.25) is 14.9 Å². The highest BCUT2D eigenvalue weighted by atomic mass is 127. The molecule has 170 valence electrons. The van der Waals surface area contributed by atoms with Crippen molar-refractivity contribution in [2.24, 2.45) is 4.99 Å². The maximum Gasteiger partial charge on any atom is 0.191 e. The van der Waals surface area contributed by atoms with Crippen LogP contribution in [0.25, 0.3) is 0 Å². The Bertz CT molecular complexity index is 782. The lowest BCUT2D eigenvalue weighted by molar-refractivity contribution is 0.196. The smallest absolute Gasteiger partial charge is 0.191 e. The number of hydrogen-bond acceptors (Lipinski definition) is 4. The molecule has 3 heterocycles. The van der Waals surface area contributed by atoms with E-state index in [4.69, 9.17) is 0 Å². The topological polar surface area (TPSA) is 52.6 Å². The van der Waals surface area contributed by atoms with E-state index in [-0.39, 0.29) is 29.4 Å². The Kier molecular flexibility index (Phi) is 9.59. The van der Waals surface area contributed by atoms with Gasteiger partial charge in [-0.2, -0.15) is 0 Å². The fourth-order valence-corrected chi connectivity index (χ4v) is 5.90. The lowest BCUT2D eigenvalue weighted by Crippen LogP contribution is -2.51. The average molecular weight is 554 g/mol. The first-order valence-corrected chi connectivity index (χ1v) is 12.3. The second kappa shape index (κ2) is 12.2. The van der Waals surface area contributed by atoms with E-state index in [9.17, 15) is 0 Å². The van der Waals surface area contributed by atoms with Crippen molar-refractivity contribution in [1.82, 2.24) is 20.5 Å². The number of likely N-dealkylation sites (tertiary alicyclic amines) is 1. The highest BCUT2D eigenvalue weighted by Crippen LogP contribution is 2.41. The van der Waals surface area contributed by atoms with Crippen LogP contribution in [0.1, 0.15) is 55.5 Å². The monoisotopic (exact) mass is 553 g/mol. The summed E-state index contributed by atoms with van der Waals surface area (Å²) in [4.78, 5) is 13.0. The van der Waals surface area contributed by atoms with Crippen LogP contribution in [0, 0.1) is 0 Å². The number of pyridine rings is 1. The van der Waals surface area contributed by atoms with Crippen LogP contribution in [0.5, 0.6) is 0 Å². The van der Waals surface area contributed by atoms with Gasteiger partial charge in [0.15, 0.2) is 5.96 Å². The predicted molar refractivity (Wildman–Crippen MR) is 142 cm³/mol. The molecule has 0 unspecified atom stereocenters. The number of aliphatic imine (C=N–C) groups is 1. The fraction of sp³-hybridized carbons (Fsp3) is 0.583. The van der Waals surface area contributed by atoms with Crippen molar-refractivity contribution < 1.29 is 0 Å². The number of thiophene rings is 1. The Morgan fingerprint density at radius 3 is 2.61 bits per heavy atom. The van der Waals surface area contributed by atoms with Gasteiger partial charge < -0.3 is 10.6 Å². The molecule has 1 saturated carbocycles. The van der Waals surface area contributed by atoms with Crippen LogP contribution in [0.15, 0.2) is 46.9 Å². The number of nitrogens with one attached hydrogen (secondary N) is 2. The second-order valence-electron chi connectivity index (χ2n) is 8.76. The highest BCUT2D eigenvalue weighted by molar-refractivity contribution is 14.0. The van der Waals surface area contributed by atoms with Crippen molar-refractivity contribution in [2.75, 3.05) is 26.7 Å². The van der Waals surface area contributed by atoms with Crippen molar-refractivity contribution in [3.05, 3.63) is 52.5 Å². The van der Waals surface area contributed by atoms with Gasteiger partial charge in [-0.25, -0.2) is 0 Å². The standard InChI is InChI=1S/C24H35N5S.HI/c1-25-23(27-19-24(12-4-2-5-13-24)22-9-7-17-30-22)28-20-10-15-29(16-11-20)18-21-8-3-6-14-26-21;/h3,6-9,14,17,20H,2,4-5,10-13,15-16,18-19H2,1H3,(H2,25,27,28);1H. The number of piperidine rings is 1. The SMILES string of the molecule is CN=C(NCC1(c2cccs2)CCCCC1)NC1CCN(Cc2ccccn2)CC1.I. The molecular weight excluding hydrogens is 517 g/mol. The lowest BCUT2D eigenvalue weighted by Gasteiger charge is -2.38. The lowest BCUT2D eigenvalue weighted by atomic mass is 9.73. The third kappa shape index (κ3) is 6.65. The number of rotatable bonds is 6. The van der Waals surface area contributed by atoms with Crippen LogP contribution in [-0.2, 0) is 12.0 Å². The third-order valence-corrected chi connectivity index (χ3v) is 7.83. The van der Waals surface area contributed by atoms with E-state index >= 15 is 0 Å². The molecule has 0 bridgehead atoms. The molecule has 1 saturated heterocycles. The summed E-state index contributed by atoms with van der Waals surface area (Å²) >= 11 is 1.91. The Hall–Kier alpha value is -1.19. The average Bonchev–Trinajstić information content (AvgIpc) is 3.35. The fourth-order valence-electron chi connectivity index (χ4n) is 4.92. The summed E-state index contributed by atoms with van der Waals surface area (Å²) in [5, 5.41) is 9.60. The zero-order valence-corrected chi connectivity index (χ0v) is 21.7.